The fourth-order valence-electron chi connectivity index (χ4n) is 1.06. The Morgan fingerprint density at radius 2 is 1.92 bits per heavy atom. The van der Waals surface area contributed by atoms with Crippen molar-refractivity contribution in [2.24, 2.45) is 0 Å². The maximum Gasteiger partial charge on any atom is 0.112 e. The van der Waals surface area contributed by atoms with Gasteiger partial charge in [-0.05, 0) is 12.1 Å². The molecule has 3 heteroatoms. The third kappa shape index (κ3) is 2.48. The average molecular weight is 187 g/mol. The lowest BCUT2D eigenvalue weighted by molar-refractivity contribution is -0.428. The van der Waals surface area contributed by atoms with Crippen molar-refractivity contribution in [2.75, 3.05) is 6.61 Å². The molecule has 0 bridgehead atoms. The molecule has 66 valence electrons. The monoisotopic (exact) mass is 186 g/mol. The van der Waals surface area contributed by atoms with Crippen molar-refractivity contribution < 1.29 is 10.8 Å². The van der Waals surface area contributed by atoms with E-state index in [1.165, 1.54) is 0 Å². The van der Waals surface area contributed by atoms with Crippen LogP contribution >= 0.6 is 11.6 Å². The Bertz CT molecular complexity index is 235. The molecule has 1 atom stereocenters. The lowest BCUT2D eigenvalue weighted by Gasteiger charge is -2.06. The maximum atomic E-state index is 8.69. The van der Waals surface area contributed by atoms with E-state index >= 15 is 0 Å². The van der Waals surface area contributed by atoms with E-state index in [9.17, 15) is 0 Å². The summed E-state index contributed by atoms with van der Waals surface area (Å²) >= 11 is 5.72. The predicted octanol–water partition coefficient (Wildman–Crippen LogP) is 1.01. The largest absolute Gasteiger partial charge is 0.396 e. The van der Waals surface area contributed by atoms with Gasteiger partial charge in [0.1, 0.15) is 6.04 Å². The molecule has 1 aromatic carbocycles. The first-order valence-corrected chi connectivity index (χ1v) is 4.31. The van der Waals surface area contributed by atoms with Crippen LogP contribution in [0.5, 0.6) is 0 Å². The first-order valence-electron chi connectivity index (χ1n) is 3.93. The van der Waals surface area contributed by atoms with Crippen LogP contribution in [0.25, 0.3) is 0 Å². The molecule has 0 saturated carbocycles. The molecular formula is C9H13ClNO+. The van der Waals surface area contributed by atoms with Crippen LogP contribution in [0.1, 0.15) is 18.0 Å². The number of halogens is 1. The molecular weight excluding hydrogens is 174 g/mol. The van der Waals surface area contributed by atoms with Gasteiger partial charge in [-0.1, -0.05) is 23.7 Å². The zero-order valence-corrected chi connectivity index (χ0v) is 7.59. The fourth-order valence-corrected chi connectivity index (χ4v) is 1.18. The standard InChI is InChI=1S/C9H12ClNO/c10-8-3-1-7(2-4-8)9(11)5-6-12/h1-4,9,12H,5-6,11H2/p+1/t9-/m1/s1. The third-order valence-corrected chi connectivity index (χ3v) is 2.07. The van der Waals surface area contributed by atoms with E-state index in [-0.39, 0.29) is 12.6 Å². The number of quaternary nitrogens is 1. The van der Waals surface area contributed by atoms with Gasteiger partial charge in [-0.2, -0.15) is 0 Å². The maximum absolute atomic E-state index is 8.69. The minimum atomic E-state index is 0.160. The van der Waals surface area contributed by atoms with E-state index in [0.717, 1.165) is 10.6 Å². The second-order valence-electron chi connectivity index (χ2n) is 2.76. The van der Waals surface area contributed by atoms with E-state index in [1.54, 1.807) is 0 Å². The Balaban J connectivity index is 2.68. The topological polar surface area (TPSA) is 47.9 Å². The van der Waals surface area contributed by atoms with Gasteiger partial charge in [-0.15, -0.1) is 0 Å². The first-order chi connectivity index (χ1) is 5.74. The summed E-state index contributed by atoms with van der Waals surface area (Å²) in [5.41, 5.74) is 5.04. The summed E-state index contributed by atoms with van der Waals surface area (Å²) in [5.74, 6) is 0. The number of hydrogen-bond acceptors (Lipinski definition) is 1. The van der Waals surface area contributed by atoms with Crippen LogP contribution in [0.15, 0.2) is 24.3 Å². The molecule has 0 aromatic heterocycles. The number of hydrogen-bond donors (Lipinski definition) is 2. The summed E-state index contributed by atoms with van der Waals surface area (Å²) in [5, 5.41) is 9.42. The summed E-state index contributed by atoms with van der Waals surface area (Å²) in [7, 11) is 0. The lowest BCUT2D eigenvalue weighted by Crippen LogP contribution is -2.53. The Kier molecular flexibility index (Phi) is 3.53. The van der Waals surface area contributed by atoms with E-state index in [1.807, 2.05) is 24.3 Å². The summed E-state index contributed by atoms with van der Waals surface area (Å²) in [6.07, 6.45) is 0.696. The number of aliphatic hydroxyl groups excluding tert-OH is 1. The van der Waals surface area contributed by atoms with Gasteiger partial charge >= 0.3 is 0 Å². The van der Waals surface area contributed by atoms with Crippen LogP contribution in [0.2, 0.25) is 5.02 Å². The fraction of sp³-hybridized carbons (Fsp3) is 0.333. The quantitative estimate of drug-likeness (QED) is 0.727. The highest BCUT2D eigenvalue weighted by molar-refractivity contribution is 6.30. The van der Waals surface area contributed by atoms with Crippen molar-refractivity contribution in [3.8, 4) is 0 Å². The number of rotatable bonds is 3. The smallest absolute Gasteiger partial charge is 0.112 e. The zero-order valence-electron chi connectivity index (χ0n) is 6.83. The molecule has 0 unspecified atom stereocenters. The number of aliphatic hydroxyl groups is 1. The highest BCUT2D eigenvalue weighted by Crippen LogP contribution is 2.15. The Hall–Kier alpha value is -0.570. The second-order valence-corrected chi connectivity index (χ2v) is 3.20. The van der Waals surface area contributed by atoms with Gasteiger partial charge < -0.3 is 10.8 Å². The van der Waals surface area contributed by atoms with Gasteiger partial charge in [0.05, 0.1) is 0 Å². The van der Waals surface area contributed by atoms with Crippen LogP contribution in [0.4, 0.5) is 0 Å². The SMILES string of the molecule is [NH3+][C@H](CCO)c1ccc(Cl)cc1. The summed E-state index contributed by atoms with van der Waals surface area (Å²) in [6.45, 7) is 0.177. The molecule has 0 aliphatic rings. The molecule has 0 aliphatic heterocycles. The molecule has 0 heterocycles. The van der Waals surface area contributed by atoms with Gasteiger partial charge in [0.25, 0.3) is 0 Å². The highest BCUT2D eigenvalue weighted by atomic mass is 35.5. The Morgan fingerprint density at radius 1 is 1.33 bits per heavy atom. The summed E-state index contributed by atoms with van der Waals surface area (Å²) in [6, 6.07) is 7.72. The van der Waals surface area contributed by atoms with Gasteiger partial charge in [-0.3, -0.25) is 0 Å². The molecule has 4 N–H and O–H groups in total. The molecule has 12 heavy (non-hydrogen) atoms. The first kappa shape index (κ1) is 9.52. The molecule has 0 aliphatic carbocycles. The molecule has 1 rings (SSSR count). The van der Waals surface area contributed by atoms with Crippen LogP contribution < -0.4 is 5.73 Å². The molecule has 0 spiro atoms. The van der Waals surface area contributed by atoms with E-state index in [4.69, 9.17) is 16.7 Å². The summed E-state index contributed by atoms with van der Waals surface area (Å²) in [4.78, 5) is 0. The lowest BCUT2D eigenvalue weighted by atomic mass is 10.1. The average Bonchev–Trinajstić information content (AvgIpc) is 2.06. The van der Waals surface area contributed by atoms with Crippen molar-refractivity contribution in [2.45, 2.75) is 12.5 Å². The Morgan fingerprint density at radius 3 is 2.42 bits per heavy atom. The molecule has 0 amide bonds. The van der Waals surface area contributed by atoms with Gasteiger partial charge in [-0.25, -0.2) is 0 Å². The van der Waals surface area contributed by atoms with E-state index in [0.29, 0.717) is 6.42 Å². The van der Waals surface area contributed by atoms with Gasteiger partial charge in [0.2, 0.25) is 0 Å². The number of benzene rings is 1. The van der Waals surface area contributed by atoms with E-state index < -0.39 is 0 Å². The highest BCUT2D eigenvalue weighted by Gasteiger charge is 2.07. The van der Waals surface area contributed by atoms with Crippen LogP contribution in [0.3, 0.4) is 0 Å². The molecule has 0 radical (unpaired) electrons. The summed E-state index contributed by atoms with van der Waals surface area (Å²) < 4.78 is 0. The van der Waals surface area contributed by atoms with Crippen molar-refractivity contribution in [1.29, 1.82) is 0 Å². The minimum absolute atomic E-state index is 0.160. The molecule has 0 saturated heterocycles. The van der Waals surface area contributed by atoms with Gasteiger partial charge in [0.15, 0.2) is 0 Å². The van der Waals surface area contributed by atoms with Crippen LogP contribution in [-0.4, -0.2) is 11.7 Å². The van der Waals surface area contributed by atoms with Crippen molar-refractivity contribution in [3.05, 3.63) is 34.9 Å². The van der Waals surface area contributed by atoms with Crippen molar-refractivity contribution in [3.63, 3.8) is 0 Å². The molecule has 2 nitrogen and oxygen atoms in total. The van der Waals surface area contributed by atoms with Gasteiger partial charge in [0, 0.05) is 23.6 Å². The second kappa shape index (κ2) is 4.45. The van der Waals surface area contributed by atoms with Crippen LogP contribution in [-0.2, 0) is 0 Å². The molecule has 0 fully saturated rings. The molecule has 1 aromatic rings. The predicted molar refractivity (Wildman–Crippen MR) is 48.8 cm³/mol. The normalized spacial score (nSPS) is 12.9. The van der Waals surface area contributed by atoms with Crippen LogP contribution in [0, 0.1) is 0 Å². The van der Waals surface area contributed by atoms with Crippen molar-refractivity contribution in [1.82, 2.24) is 0 Å². The zero-order chi connectivity index (χ0) is 8.97. The third-order valence-electron chi connectivity index (χ3n) is 1.82. The van der Waals surface area contributed by atoms with Crippen molar-refractivity contribution >= 4 is 11.6 Å². The minimum Gasteiger partial charge on any atom is -0.396 e. The Labute approximate surface area is 77.0 Å². The van der Waals surface area contributed by atoms with E-state index in [2.05, 4.69) is 5.73 Å².